The van der Waals surface area contributed by atoms with Crippen LogP contribution in [0, 0.1) is 0 Å². The minimum atomic E-state index is -0.0695. The molecule has 4 rings (SSSR count). The standard InChI is InChI=1S/C27H30N4O2/c1-4-7-23-21(12-11-20-8-5-6-9-24(20)23)17-31(3)26(33)13-10-19-14-22-16-30(2)18-25(32)29-27(22)28-15-19/h5-6,8-15H,4,7,16-18H2,1-3H3,(H,28,29,32)/b13-10+. The lowest BCUT2D eigenvalue weighted by Gasteiger charge is -2.19. The van der Waals surface area contributed by atoms with Crippen LogP contribution in [0.4, 0.5) is 5.82 Å². The number of benzene rings is 2. The van der Waals surface area contributed by atoms with Crippen molar-refractivity contribution in [2.24, 2.45) is 0 Å². The monoisotopic (exact) mass is 442 g/mol. The molecule has 1 aromatic heterocycles. The number of hydrogen-bond acceptors (Lipinski definition) is 4. The Labute approximate surface area is 194 Å². The first kappa shape index (κ1) is 22.7. The van der Waals surface area contributed by atoms with E-state index >= 15 is 0 Å². The molecule has 1 aliphatic rings. The Morgan fingerprint density at radius 2 is 2.03 bits per heavy atom. The molecule has 0 bridgehead atoms. The zero-order valence-electron chi connectivity index (χ0n) is 19.5. The predicted molar refractivity (Wildman–Crippen MR) is 133 cm³/mol. The number of carbonyl (C=O) groups excluding carboxylic acids is 2. The van der Waals surface area contributed by atoms with Crippen molar-refractivity contribution in [3.63, 3.8) is 0 Å². The van der Waals surface area contributed by atoms with Crippen LogP contribution in [0.25, 0.3) is 16.8 Å². The molecule has 6 heteroatoms. The minimum Gasteiger partial charge on any atom is -0.338 e. The maximum atomic E-state index is 12.8. The van der Waals surface area contributed by atoms with Crippen LogP contribution in [0.5, 0.6) is 0 Å². The largest absolute Gasteiger partial charge is 0.338 e. The summed E-state index contributed by atoms with van der Waals surface area (Å²) < 4.78 is 0. The van der Waals surface area contributed by atoms with Crippen LogP contribution in [0.2, 0.25) is 0 Å². The molecule has 0 unspecified atom stereocenters. The van der Waals surface area contributed by atoms with E-state index in [-0.39, 0.29) is 11.8 Å². The van der Waals surface area contributed by atoms with Crippen molar-refractivity contribution in [3.05, 3.63) is 77.0 Å². The lowest BCUT2D eigenvalue weighted by molar-refractivity contribution is -0.125. The summed E-state index contributed by atoms with van der Waals surface area (Å²) in [5, 5.41) is 5.33. The Kier molecular flexibility index (Phi) is 6.84. The normalized spacial score (nSPS) is 14.2. The summed E-state index contributed by atoms with van der Waals surface area (Å²) in [4.78, 5) is 32.8. The first-order valence-electron chi connectivity index (χ1n) is 11.3. The van der Waals surface area contributed by atoms with Crippen LogP contribution >= 0.6 is 0 Å². The summed E-state index contributed by atoms with van der Waals surface area (Å²) in [7, 11) is 3.73. The molecule has 2 heterocycles. The maximum absolute atomic E-state index is 12.8. The average molecular weight is 443 g/mol. The molecule has 1 N–H and O–H groups in total. The molecular weight excluding hydrogens is 412 g/mol. The van der Waals surface area contributed by atoms with Crippen LogP contribution in [0.3, 0.4) is 0 Å². The molecule has 2 aromatic carbocycles. The topological polar surface area (TPSA) is 65.5 Å². The molecular formula is C27H30N4O2. The molecule has 0 atom stereocenters. The van der Waals surface area contributed by atoms with Gasteiger partial charge in [-0.05, 0) is 53.1 Å². The summed E-state index contributed by atoms with van der Waals surface area (Å²) in [6.07, 6.45) is 7.09. The molecule has 0 saturated carbocycles. The number of fused-ring (bicyclic) bond motifs is 2. The van der Waals surface area contributed by atoms with Crippen molar-refractivity contribution in [2.45, 2.75) is 32.9 Å². The zero-order chi connectivity index (χ0) is 23.4. The van der Waals surface area contributed by atoms with Gasteiger partial charge in [-0.1, -0.05) is 49.7 Å². The fourth-order valence-corrected chi connectivity index (χ4v) is 4.32. The number of likely N-dealkylation sites (N-methyl/N-ethyl adjacent to an activating group) is 2. The van der Waals surface area contributed by atoms with Crippen LogP contribution in [-0.2, 0) is 29.1 Å². The SMILES string of the molecule is CCCc1c(CN(C)C(=O)/C=C/c2cnc3c(c2)CN(C)CC(=O)N3)ccc2ccccc12. The average Bonchev–Trinajstić information content (AvgIpc) is 2.94. The van der Waals surface area contributed by atoms with Crippen LogP contribution in [-0.4, -0.2) is 47.2 Å². The molecule has 3 aromatic rings. The van der Waals surface area contributed by atoms with Crippen LogP contribution in [0.15, 0.2) is 54.7 Å². The Balaban J connectivity index is 1.49. The second-order valence-corrected chi connectivity index (χ2v) is 8.70. The van der Waals surface area contributed by atoms with E-state index in [1.165, 1.54) is 21.9 Å². The molecule has 0 fully saturated rings. The summed E-state index contributed by atoms with van der Waals surface area (Å²) in [6, 6.07) is 14.7. The number of amides is 2. The molecule has 2 amide bonds. The van der Waals surface area contributed by atoms with Gasteiger partial charge in [0.05, 0.1) is 6.54 Å². The van der Waals surface area contributed by atoms with Gasteiger partial charge in [-0.25, -0.2) is 4.98 Å². The number of anilines is 1. The third kappa shape index (κ3) is 5.29. The highest BCUT2D eigenvalue weighted by molar-refractivity contribution is 5.94. The van der Waals surface area contributed by atoms with Crippen LogP contribution < -0.4 is 5.32 Å². The Bertz CT molecular complexity index is 1220. The zero-order valence-corrected chi connectivity index (χ0v) is 19.5. The fourth-order valence-electron chi connectivity index (χ4n) is 4.32. The van der Waals surface area contributed by atoms with Gasteiger partial charge in [0, 0.05) is 38.0 Å². The third-order valence-electron chi connectivity index (χ3n) is 5.94. The summed E-state index contributed by atoms with van der Waals surface area (Å²) in [6.45, 7) is 3.70. The van der Waals surface area contributed by atoms with Gasteiger partial charge in [0.2, 0.25) is 11.8 Å². The van der Waals surface area contributed by atoms with E-state index in [0.717, 1.165) is 24.0 Å². The van der Waals surface area contributed by atoms with Gasteiger partial charge in [-0.15, -0.1) is 0 Å². The second-order valence-electron chi connectivity index (χ2n) is 8.70. The first-order valence-corrected chi connectivity index (χ1v) is 11.3. The summed E-state index contributed by atoms with van der Waals surface area (Å²) >= 11 is 0. The Hall–Kier alpha value is -3.51. The minimum absolute atomic E-state index is 0.0639. The highest BCUT2D eigenvalue weighted by Crippen LogP contribution is 2.25. The van der Waals surface area contributed by atoms with Crippen molar-refractivity contribution in [2.75, 3.05) is 26.0 Å². The van der Waals surface area contributed by atoms with E-state index < -0.39 is 0 Å². The van der Waals surface area contributed by atoms with Gasteiger partial charge in [-0.3, -0.25) is 14.5 Å². The molecule has 0 spiro atoms. The van der Waals surface area contributed by atoms with E-state index in [9.17, 15) is 9.59 Å². The summed E-state index contributed by atoms with van der Waals surface area (Å²) in [5.74, 6) is 0.454. The van der Waals surface area contributed by atoms with E-state index in [1.54, 1.807) is 23.2 Å². The first-order chi connectivity index (χ1) is 15.9. The van der Waals surface area contributed by atoms with Crippen molar-refractivity contribution in [3.8, 4) is 0 Å². The van der Waals surface area contributed by atoms with Gasteiger partial charge >= 0.3 is 0 Å². The second kappa shape index (κ2) is 9.96. The molecule has 0 saturated heterocycles. The highest BCUT2D eigenvalue weighted by atomic mass is 16.2. The molecule has 6 nitrogen and oxygen atoms in total. The number of aryl methyl sites for hydroxylation is 1. The quantitative estimate of drug-likeness (QED) is 0.580. The van der Waals surface area contributed by atoms with Gasteiger partial charge in [0.25, 0.3) is 0 Å². The van der Waals surface area contributed by atoms with E-state index in [4.69, 9.17) is 0 Å². The van der Waals surface area contributed by atoms with Crippen molar-refractivity contribution in [1.29, 1.82) is 0 Å². The molecule has 1 aliphatic heterocycles. The third-order valence-corrected chi connectivity index (χ3v) is 5.94. The number of carbonyl (C=O) groups is 2. The van der Waals surface area contributed by atoms with Gasteiger partial charge in [-0.2, -0.15) is 0 Å². The van der Waals surface area contributed by atoms with Crippen molar-refractivity contribution >= 4 is 34.5 Å². The van der Waals surface area contributed by atoms with Crippen molar-refractivity contribution < 1.29 is 9.59 Å². The molecule has 0 aliphatic carbocycles. The predicted octanol–water partition coefficient (Wildman–Crippen LogP) is 4.24. The molecule has 0 radical (unpaired) electrons. The highest BCUT2D eigenvalue weighted by Gasteiger charge is 2.17. The lowest BCUT2D eigenvalue weighted by atomic mass is 9.95. The number of hydrogen-bond donors (Lipinski definition) is 1. The number of pyridine rings is 1. The smallest absolute Gasteiger partial charge is 0.246 e. The fraction of sp³-hybridized carbons (Fsp3) is 0.296. The number of rotatable bonds is 6. The Morgan fingerprint density at radius 1 is 1.21 bits per heavy atom. The van der Waals surface area contributed by atoms with Crippen molar-refractivity contribution in [1.82, 2.24) is 14.8 Å². The van der Waals surface area contributed by atoms with E-state index in [2.05, 4.69) is 53.6 Å². The maximum Gasteiger partial charge on any atom is 0.246 e. The molecule has 170 valence electrons. The van der Waals surface area contributed by atoms with E-state index in [0.29, 0.717) is 25.5 Å². The van der Waals surface area contributed by atoms with Gasteiger partial charge in [0.1, 0.15) is 5.82 Å². The lowest BCUT2D eigenvalue weighted by Crippen LogP contribution is -2.26. The van der Waals surface area contributed by atoms with Gasteiger partial charge < -0.3 is 10.2 Å². The van der Waals surface area contributed by atoms with E-state index in [1.807, 2.05) is 25.1 Å². The number of nitrogens with zero attached hydrogens (tertiary/aromatic N) is 3. The molecule has 33 heavy (non-hydrogen) atoms. The van der Waals surface area contributed by atoms with Gasteiger partial charge in [0.15, 0.2) is 0 Å². The summed E-state index contributed by atoms with van der Waals surface area (Å²) in [5.41, 5.74) is 4.27. The Morgan fingerprint density at radius 3 is 2.85 bits per heavy atom. The number of nitrogens with one attached hydrogen (secondary N) is 1. The number of aromatic nitrogens is 1. The van der Waals surface area contributed by atoms with Crippen LogP contribution in [0.1, 0.15) is 35.6 Å².